The number of nitrogens with zero attached hydrogens (tertiary/aromatic N) is 2. The molecule has 1 aromatic rings. The number of esters is 1. The molecular weight excluding hydrogens is 318 g/mol. The van der Waals surface area contributed by atoms with Crippen LogP contribution in [0.25, 0.3) is 0 Å². The topological polar surface area (TPSA) is 153 Å². The van der Waals surface area contributed by atoms with E-state index in [-0.39, 0.29) is 11.3 Å². The number of ketones is 1. The van der Waals surface area contributed by atoms with Crippen LogP contribution in [-0.2, 0) is 19.1 Å². The average molecular weight is 333 g/mol. The van der Waals surface area contributed by atoms with E-state index in [1.807, 2.05) is 0 Å². The van der Waals surface area contributed by atoms with Crippen molar-refractivity contribution in [3.8, 4) is 6.07 Å². The lowest BCUT2D eigenvalue weighted by molar-refractivity contribution is -0.384. The van der Waals surface area contributed by atoms with Gasteiger partial charge in [0, 0.05) is 18.1 Å². The van der Waals surface area contributed by atoms with Gasteiger partial charge in [-0.25, -0.2) is 0 Å². The Kier molecular flexibility index (Phi) is 6.12. The summed E-state index contributed by atoms with van der Waals surface area (Å²) in [4.78, 5) is 45.8. The summed E-state index contributed by atoms with van der Waals surface area (Å²) in [5, 5.41) is 20.2. The lowest BCUT2D eigenvalue weighted by atomic mass is 9.75. The van der Waals surface area contributed by atoms with E-state index < -0.39 is 40.3 Å². The summed E-state index contributed by atoms with van der Waals surface area (Å²) < 4.78 is 4.57. The zero-order chi connectivity index (χ0) is 18.4. The molecule has 2 N–H and O–H groups in total. The summed E-state index contributed by atoms with van der Waals surface area (Å²) in [6.45, 7) is 1.10. The highest BCUT2D eigenvalue weighted by molar-refractivity contribution is 6.00. The van der Waals surface area contributed by atoms with Crippen molar-refractivity contribution < 1.29 is 24.0 Å². The number of nitrogens with two attached hydrogens (primary N) is 1. The number of nitriles is 1. The van der Waals surface area contributed by atoms with Crippen LogP contribution < -0.4 is 5.73 Å². The Hall–Kier alpha value is -3.28. The van der Waals surface area contributed by atoms with E-state index in [4.69, 9.17) is 5.73 Å². The first-order valence-electron chi connectivity index (χ1n) is 6.76. The number of Topliss-reactive ketones (excluding diaryl/α,β-unsaturated/α-hetero) is 1. The largest absolute Gasteiger partial charge is 0.468 e. The Balaban J connectivity index is 3.59. The van der Waals surface area contributed by atoms with Crippen molar-refractivity contribution in [1.29, 1.82) is 5.26 Å². The third-order valence-electron chi connectivity index (χ3n) is 3.52. The molecule has 0 bridgehead atoms. The molecule has 0 aliphatic heterocycles. The van der Waals surface area contributed by atoms with Crippen LogP contribution in [0.5, 0.6) is 0 Å². The molecule has 0 saturated heterocycles. The maximum Gasteiger partial charge on any atom is 0.316 e. The first kappa shape index (κ1) is 18.8. The predicted octanol–water partition coefficient (Wildman–Crippen LogP) is 0.682. The van der Waals surface area contributed by atoms with Crippen molar-refractivity contribution in [2.45, 2.75) is 12.8 Å². The predicted molar refractivity (Wildman–Crippen MR) is 80.3 cm³/mol. The van der Waals surface area contributed by atoms with Crippen LogP contribution in [0.2, 0.25) is 0 Å². The molecule has 3 atom stereocenters. The van der Waals surface area contributed by atoms with Crippen molar-refractivity contribution in [2.24, 2.45) is 17.6 Å². The number of benzene rings is 1. The van der Waals surface area contributed by atoms with Crippen LogP contribution in [0.4, 0.5) is 5.69 Å². The SMILES string of the molecule is COC(=O)C(C(C)=O)C(c1cccc([N+](=O)[O-])c1)C(C#N)C(N)=O. The number of ether oxygens (including phenoxy) is 1. The smallest absolute Gasteiger partial charge is 0.316 e. The monoisotopic (exact) mass is 333 g/mol. The number of primary amides is 1. The maximum absolute atomic E-state index is 12.0. The van der Waals surface area contributed by atoms with E-state index in [0.717, 1.165) is 20.1 Å². The zero-order valence-corrected chi connectivity index (χ0v) is 13.0. The van der Waals surface area contributed by atoms with Gasteiger partial charge in [-0.3, -0.25) is 24.5 Å². The summed E-state index contributed by atoms with van der Waals surface area (Å²) in [6.07, 6.45) is 0. The minimum atomic E-state index is -1.54. The molecule has 24 heavy (non-hydrogen) atoms. The highest BCUT2D eigenvalue weighted by Gasteiger charge is 2.42. The van der Waals surface area contributed by atoms with Gasteiger partial charge >= 0.3 is 5.97 Å². The molecule has 0 radical (unpaired) electrons. The van der Waals surface area contributed by atoms with E-state index >= 15 is 0 Å². The Bertz CT molecular complexity index is 724. The lowest BCUT2D eigenvalue weighted by Crippen LogP contribution is -2.38. The number of carbonyl (C=O) groups excluding carboxylic acids is 3. The summed E-state index contributed by atoms with van der Waals surface area (Å²) in [5.41, 5.74) is 4.99. The number of hydrogen-bond acceptors (Lipinski definition) is 7. The maximum atomic E-state index is 12.0. The van der Waals surface area contributed by atoms with E-state index in [0.29, 0.717) is 0 Å². The third-order valence-corrected chi connectivity index (χ3v) is 3.52. The van der Waals surface area contributed by atoms with Gasteiger partial charge in [0.05, 0.1) is 18.1 Å². The summed E-state index contributed by atoms with van der Waals surface area (Å²) in [5.74, 6) is -6.99. The number of carbonyl (C=O) groups is 3. The highest BCUT2D eigenvalue weighted by atomic mass is 16.6. The molecule has 0 heterocycles. The normalized spacial score (nSPS) is 13.9. The Morgan fingerprint density at radius 2 is 2.00 bits per heavy atom. The van der Waals surface area contributed by atoms with Gasteiger partial charge in [0.1, 0.15) is 17.6 Å². The van der Waals surface area contributed by atoms with E-state index in [1.165, 1.54) is 18.2 Å². The molecule has 126 valence electrons. The first-order valence-corrected chi connectivity index (χ1v) is 6.76. The van der Waals surface area contributed by atoms with Crippen LogP contribution in [0, 0.1) is 33.3 Å². The number of nitro groups is 1. The van der Waals surface area contributed by atoms with Crippen LogP contribution in [0.15, 0.2) is 24.3 Å². The second-order valence-electron chi connectivity index (χ2n) is 5.00. The van der Waals surface area contributed by atoms with Gasteiger partial charge in [0.15, 0.2) is 0 Å². The van der Waals surface area contributed by atoms with Crippen LogP contribution in [-0.4, -0.2) is 29.7 Å². The van der Waals surface area contributed by atoms with Crippen LogP contribution in [0.3, 0.4) is 0 Å². The number of methoxy groups -OCH3 is 1. The standard InChI is InChI=1S/C15H15N3O6/c1-8(19)12(15(21)24-2)13(11(7-16)14(17)20)9-4-3-5-10(6-9)18(22)23/h3-6,11-13H,1-2H3,(H2,17,20). The van der Waals surface area contributed by atoms with Crippen molar-refractivity contribution in [1.82, 2.24) is 0 Å². The van der Waals surface area contributed by atoms with E-state index in [2.05, 4.69) is 4.74 Å². The number of nitro benzene ring substituents is 1. The molecule has 0 aromatic heterocycles. The molecule has 9 heteroatoms. The number of rotatable bonds is 7. The molecule has 0 spiro atoms. The highest BCUT2D eigenvalue weighted by Crippen LogP contribution is 2.35. The minimum absolute atomic E-state index is 0.0974. The van der Waals surface area contributed by atoms with Gasteiger partial charge in [-0.15, -0.1) is 0 Å². The van der Waals surface area contributed by atoms with Gasteiger partial charge in [0.25, 0.3) is 5.69 Å². The molecule has 0 aliphatic rings. The van der Waals surface area contributed by atoms with Crippen LogP contribution in [0.1, 0.15) is 18.4 Å². The Labute approximate surface area is 137 Å². The molecule has 0 fully saturated rings. The van der Waals surface area contributed by atoms with Crippen molar-refractivity contribution in [3.63, 3.8) is 0 Å². The second-order valence-corrected chi connectivity index (χ2v) is 5.00. The van der Waals surface area contributed by atoms with Gasteiger partial charge in [0.2, 0.25) is 5.91 Å². The molecule has 0 aliphatic carbocycles. The number of amides is 1. The van der Waals surface area contributed by atoms with Crippen LogP contribution >= 0.6 is 0 Å². The van der Waals surface area contributed by atoms with Gasteiger partial charge in [-0.1, -0.05) is 12.1 Å². The summed E-state index contributed by atoms with van der Waals surface area (Å²) in [7, 11) is 1.05. The quantitative estimate of drug-likeness (QED) is 0.333. The Morgan fingerprint density at radius 1 is 1.38 bits per heavy atom. The van der Waals surface area contributed by atoms with E-state index in [9.17, 15) is 29.8 Å². The van der Waals surface area contributed by atoms with Crippen molar-refractivity contribution in [2.75, 3.05) is 7.11 Å². The molecule has 1 amide bonds. The van der Waals surface area contributed by atoms with E-state index in [1.54, 1.807) is 6.07 Å². The fraction of sp³-hybridized carbons (Fsp3) is 0.333. The number of hydrogen-bond donors (Lipinski definition) is 1. The third kappa shape index (κ3) is 3.92. The molecule has 3 unspecified atom stereocenters. The number of non-ortho nitro benzene ring substituents is 1. The van der Waals surface area contributed by atoms with Gasteiger partial charge in [-0.05, 0) is 12.5 Å². The Morgan fingerprint density at radius 3 is 2.42 bits per heavy atom. The van der Waals surface area contributed by atoms with Gasteiger partial charge < -0.3 is 10.5 Å². The average Bonchev–Trinajstić information content (AvgIpc) is 2.53. The fourth-order valence-electron chi connectivity index (χ4n) is 2.44. The molecule has 0 saturated carbocycles. The molecule has 9 nitrogen and oxygen atoms in total. The first-order chi connectivity index (χ1) is 11.2. The molecule has 1 rings (SSSR count). The van der Waals surface area contributed by atoms with Crippen molar-refractivity contribution in [3.05, 3.63) is 39.9 Å². The lowest BCUT2D eigenvalue weighted by Gasteiger charge is -2.25. The minimum Gasteiger partial charge on any atom is -0.468 e. The molecule has 1 aromatic carbocycles. The fourth-order valence-corrected chi connectivity index (χ4v) is 2.44. The molecular formula is C15H15N3O6. The van der Waals surface area contributed by atoms with Gasteiger partial charge in [-0.2, -0.15) is 5.26 Å². The van der Waals surface area contributed by atoms with Crippen molar-refractivity contribution >= 4 is 23.3 Å². The second kappa shape index (κ2) is 7.82. The zero-order valence-electron chi connectivity index (χ0n) is 13.0. The summed E-state index contributed by atoms with van der Waals surface area (Å²) in [6, 6.07) is 6.66. The summed E-state index contributed by atoms with van der Waals surface area (Å²) >= 11 is 0.